The Hall–Kier alpha value is -2.77. The number of ether oxygens (including phenoxy) is 1. The number of hydrogen-bond acceptors (Lipinski definition) is 6. The Labute approximate surface area is 194 Å². The lowest BCUT2D eigenvalue weighted by Gasteiger charge is -2.21. The maximum Gasteiger partial charge on any atom is 0.333 e. The third kappa shape index (κ3) is 5.93. The van der Waals surface area contributed by atoms with Crippen LogP contribution < -0.4 is 5.32 Å². The molecule has 0 saturated carbocycles. The number of esters is 1. The van der Waals surface area contributed by atoms with Crippen molar-refractivity contribution >= 4 is 23.4 Å². The zero-order valence-electron chi connectivity index (χ0n) is 18.9. The van der Waals surface area contributed by atoms with E-state index < -0.39 is 6.04 Å². The summed E-state index contributed by atoms with van der Waals surface area (Å²) in [5.41, 5.74) is 4.66. The summed E-state index contributed by atoms with van der Waals surface area (Å²) in [5.74, 6) is 0.688. The topological polar surface area (TPSA) is 76.4 Å². The van der Waals surface area contributed by atoms with Crippen molar-refractivity contribution in [3.05, 3.63) is 77.1 Å². The molecule has 3 rings (SSSR count). The molecule has 1 atom stereocenters. The summed E-state index contributed by atoms with van der Waals surface area (Å²) in [4.78, 5) is 17.1. The van der Waals surface area contributed by atoms with Gasteiger partial charge < -0.3 is 19.7 Å². The minimum absolute atomic E-state index is 0.0447. The molecule has 0 amide bonds. The number of rotatable bonds is 11. The van der Waals surface area contributed by atoms with Gasteiger partial charge in [0.1, 0.15) is 0 Å². The van der Waals surface area contributed by atoms with Gasteiger partial charge in [-0.1, -0.05) is 55.1 Å². The predicted octanol–water partition coefficient (Wildman–Crippen LogP) is 4.95. The minimum Gasteiger partial charge on any atom is -0.464 e. The van der Waals surface area contributed by atoms with Crippen LogP contribution in [-0.2, 0) is 22.7 Å². The normalized spacial score (nSPS) is 11.9. The van der Waals surface area contributed by atoms with E-state index in [1.54, 1.807) is 18.0 Å². The molecule has 1 heterocycles. The standard InChI is InChI=1S/C25H31N3O3S/c1-4-14-32-25-26-15-21(17-29)28(25)16-19-10-12-20(13-11-19)27-23(24(30)31-5-2)22-9-7-6-8-18(22)3/h6-13,15,23,27,29H,4-5,14,16-17H2,1-3H3. The van der Waals surface area contributed by atoms with Gasteiger partial charge >= 0.3 is 5.97 Å². The average molecular weight is 454 g/mol. The predicted molar refractivity (Wildman–Crippen MR) is 129 cm³/mol. The van der Waals surface area contributed by atoms with Gasteiger partial charge in [-0.05, 0) is 49.1 Å². The number of aryl methyl sites for hydroxylation is 1. The van der Waals surface area contributed by atoms with E-state index in [4.69, 9.17) is 4.74 Å². The molecule has 0 aliphatic rings. The van der Waals surface area contributed by atoms with E-state index in [2.05, 4.69) is 21.8 Å². The van der Waals surface area contributed by atoms with Crippen molar-refractivity contribution in [1.29, 1.82) is 0 Å². The van der Waals surface area contributed by atoms with Crippen LogP contribution in [0.2, 0.25) is 0 Å². The van der Waals surface area contributed by atoms with E-state index >= 15 is 0 Å². The van der Waals surface area contributed by atoms with Crippen LogP contribution in [0.25, 0.3) is 0 Å². The number of nitrogens with one attached hydrogen (secondary N) is 1. The lowest BCUT2D eigenvalue weighted by Crippen LogP contribution is -2.24. The van der Waals surface area contributed by atoms with Crippen LogP contribution in [0.15, 0.2) is 59.9 Å². The van der Waals surface area contributed by atoms with E-state index in [9.17, 15) is 9.90 Å². The molecule has 0 fully saturated rings. The third-order valence-electron chi connectivity index (χ3n) is 5.13. The summed E-state index contributed by atoms with van der Waals surface area (Å²) in [6, 6.07) is 15.2. The summed E-state index contributed by atoms with van der Waals surface area (Å²) in [5, 5.41) is 13.9. The number of aromatic nitrogens is 2. The SMILES string of the molecule is CCCSc1ncc(CO)n1Cc1ccc(NC(C(=O)OCC)c2ccccc2C)cc1. The van der Waals surface area contributed by atoms with E-state index in [1.807, 2.05) is 62.4 Å². The highest BCUT2D eigenvalue weighted by molar-refractivity contribution is 7.99. The van der Waals surface area contributed by atoms with Crippen LogP contribution in [0.5, 0.6) is 0 Å². The smallest absolute Gasteiger partial charge is 0.333 e. The number of benzene rings is 2. The molecule has 6 nitrogen and oxygen atoms in total. The highest BCUT2D eigenvalue weighted by Gasteiger charge is 2.23. The Balaban J connectivity index is 1.78. The maximum atomic E-state index is 12.7. The van der Waals surface area contributed by atoms with E-state index in [-0.39, 0.29) is 12.6 Å². The lowest BCUT2D eigenvalue weighted by molar-refractivity contribution is -0.144. The second-order valence-corrected chi connectivity index (χ2v) is 8.57. The van der Waals surface area contributed by atoms with Crippen molar-refractivity contribution in [3.8, 4) is 0 Å². The van der Waals surface area contributed by atoms with Gasteiger partial charge in [0.25, 0.3) is 0 Å². The zero-order valence-corrected chi connectivity index (χ0v) is 19.7. The molecule has 0 aliphatic carbocycles. The molecule has 7 heteroatoms. The second kappa shape index (κ2) is 11.7. The number of carbonyl (C=O) groups is 1. The Morgan fingerprint density at radius 1 is 1.19 bits per heavy atom. The number of aliphatic hydroxyl groups is 1. The van der Waals surface area contributed by atoms with E-state index in [0.29, 0.717) is 13.2 Å². The molecule has 0 radical (unpaired) electrons. The highest BCUT2D eigenvalue weighted by atomic mass is 32.2. The Bertz CT molecular complexity index is 1020. The molecule has 32 heavy (non-hydrogen) atoms. The van der Waals surface area contributed by atoms with Crippen molar-refractivity contribution < 1.29 is 14.6 Å². The molecule has 3 aromatic rings. The molecular weight excluding hydrogens is 422 g/mol. The number of imidazole rings is 1. The number of thioether (sulfide) groups is 1. The average Bonchev–Trinajstić information content (AvgIpc) is 3.19. The van der Waals surface area contributed by atoms with Gasteiger partial charge in [-0.15, -0.1) is 0 Å². The third-order valence-corrected chi connectivity index (χ3v) is 6.32. The summed E-state index contributed by atoms with van der Waals surface area (Å²) < 4.78 is 7.37. The van der Waals surface area contributed by atoms with Crippen LogP contribution in [0.1, 0.15) is 48.7 Å². The second-order valence-electron chi connectivity index (χ2n) is 7.51. The highest BCUT2D eigenvalue weighted by Crippen LogP contribution is 2.25. The fourth-order valence-electron chi connectivity index (χ4n) is 3.45. The Kier molecular flexibility index (Phi) is 8.76. The van der Waals surface area contributed by atoms with Crippen LogP contribution in [-0.4, -0.2) is 33.0 Å². The summed E-state index contributed by atoms with van der Waals surface area (Å²) in [6.07, 6.45) is 2.80. The van der Waals surface area contributed by atoms with Crippen molar-refractivity contribution in [2.24, 2.45) is 0 Å². The fraction of sp³-hybridized carbons (Fsp3) is 0.360. The van der Waals surface area contributed by atoms with E-state index in [0.717, 1.165) is 45.4 Å². The van der Waals surface area contributed by atoms with Crippen molar-refractivity contribution in [2.45, 2.75) is 51.5 Å². The molecular formula is C25H31N3O3S. The molecule has 2 N–H and O–H groups in total. The fourth-order valence-corrected chi connectivity index (χ4v) is 4.30. The van der Waals surface area contributed by atoms with Crippen molar-refractivity contribution in [1.82, 2.24) is 9.55 Å². The number of nitrogens with zero attached hydrogens (tertiary/aromatic N) is 2. The number of anilines is 1. The number of carbonyl (C=O) groups excluding carboxylic acids is 1. The van der Waals surface area contributed by atoms with E-state index in [1.165, 1.54) is 0 Å². The zero-order chi connectivity index (χ0) is 22.9. The minimum atomic E-state index is -0.575. The van der Waals surface area contributed by atoms with Crippen molar-refractivity contribution in [2.75, 3.05) is 17.7 Å². The first-order chi connectivity index (χ1) is 15.6. The van der Waals surface area contributed by atoms with Gasteiger partial charge in [-0.2, -0.15) is 0 Å². The monoisotopic (exact) mass is 453 g/mol. The molecule has 0 aliphatic heterocycles. The number of hydrogen-bond donors (Lipinski definition) is 2. The molecule has 2 aromatic carbocycles. The van der Waals surface area contributed by atoms with Gasteiger partial charge in [0.15, 0.2) is 11.2 Å². The molecule has 1 aromatic heterocycles. The largest absolute Gasteiger partial charge is 0.464 e. The van der Waals surface area contributed by atoms with Gasteiger partial charge in [0.05, 0.1) is 25.1 Å². The first-order valence-electron chi connectivity index (χ1n) is 10.9. The molecule has 170 valence electrons. The first-order valence-corrected chi connectivity index (χ1v) is 11.9. The van der Waals surface area contributed by atoms with Gasteiger partial charge in [-0.25, -0.2) is 9.78 Å². The lowest BCUT2D eigenvalue weighted by atomic mass is 10.0. The van der Waals surface area contributed by atoms with Crippen LogP contribution in [0, 0.1) is 6.92 Å². The van der Waals surface area contributed by atoms with Crippen LogP contribution >= 0.6 is 11.8 Å². The van der Waals surface area contributed by atoms with Gasteiger partial charge in [-0.3, -0.25) is 0 Å². The Morgan fingerprint density at radius 2 is 1.94 bits per heavy atom. The summed E-state index contributed by atoms with van der Waals surface area (Å²) in [7, 11) is 0. The molecule has 0 spiro atoms. The van der Waals surface area contributed by atoms with Crippen LogP contribution in [0.4, 0.5) is 5.69 Å². The van der Waals surface area contributed by atoms with Gasteiger partial charge in [0, 0.05) is 18.0 Å². The Morgan fingerprint density at radius 3 is 2.59 bits per heavy atom. The molecule has 1 unspecified atom stereocenters. The summed E-state index contributed by atoms with van der Waals surface area (Å²) in [6.45, 7) is 6.85. The number of aliphatic hydroxyl groups excluding tert-OH is 1. The molecule has 0 bridgehead atoms. The van der Waals surface area contributed by atoms with Gasteiger partial charge in [0.2, 0.25) is 0 Å². The van der Waals surface area contributed by atoms with Crippen LogP contribution in [0.3, 0.4) is 0 Å². The molecule has 0 saturated heterocycles. The first kappa shape index (κ1) is 23.9. The maximum absolute atomic E-state index is 12.7. The van der Waals surface area contributed by atoms with Crippen molar-refractivity contribution in [3.63, 3.8) is 0 Å². The summed E-state index contributed by atoms with van der Waals surface area (Å²) >= 11 is 1.70. The quantitative estimate of drug-likeness (QED) is 0.316.